The number of piperidine rings is 1. The highest BCUT2D eigenvalue weighted by Gasteiger charge is 2.20. The van der Waals surface area contributed by atoms with E-state index in [-0.39, 0.29) is 0 Å². The predicted molar refractivity (Wildman–Crippen MR) is 53.8 cm³/mol. The predicted octanol–water partition coefficient (Wildman–Crippen LogP) is 1.80. The summed E-state index contributed by atoms with van der Waals surface area (Å²) in [5.74, 6) is 1.86. The summed E-state index contributed by atoms with van der Waals surface area (Å²) in [6.45, 7) is 4.40. The molecule has 0 radical (unpaired) electrons. The standard InChI is InChI=1S/C11H21NO/c1-2-10(1)5-8-13-9-11-3-6-12-7-4-11/h10-12H,1-9H2. The van der Waals surface area contributed by atoms with Crippen molar-refractivity contribution in [3.63, 3.8) is 0 Å². The third kappa shape index (κ3) is 3.65. The first kappa shape index (κ1) is 9.47. The van der Waals surface area contributed by atoms with Gasteiger partial charge in [-0.2, -0.15) is 0 Å². The first-order chi connectivity index (χ1) is 6.45. The highest BCUT2D eigenvalue weighted by molar-refractivity contribution is 4.72. The van der Waals surface area contributed by atoms with E-state index in [4.69, 9.17) is 4.74 Å². The van der Waals surface area contributed by atoms with Gasteiger partial charge in [-0.05, 0) is 44.2 Å². The van der Waals surface area contributed by atoms with Crippen molar-refractivity contribution >= 4 is 0 Å². The molecule has 2 fully saturated rings. The zero-order chi connectivity index (χ0) is 8.93. The van der Waals surface area contributed by atoms with Gasteiger partial charge in [0.25, 0.3) is 0 Å². The van der Waals surface area contributed by atoms with E-state index in [2.05, 4.69) is 5.32 Å². The van der Waals surface area contributed by atoms with Gasteiger partial charge in [0.2, 0.25) is 0 Å². The van der Waals surface area contributed by atoms with Crippen LogP contribution in [-0.4, -0.2) is 26.3 Å². The van der Waals surface area contributed by atoms with Crippen molar-refractivity contribution in [3.8, 4) is 0 Å². The maximum atomic E-state index is 5.70. The number of hydrogen-bond donors (Lipinski definition) is 1. The summed E-state index contributed by atoms with van der Waals surface area (Å²) in [5, 5.41) is 3.38. The molecule has 1 saturated carbocycles. The van der Waals surface area contributed by atoms with Gasteiger partial charge in [-0.3, -0.25) is 0 Å². The third-order valence-electron chi connectivity index (χ3n) is 3.18. The molecule has 2 heteroatoms. The maximum absolute atomic E-state index is 5.70. The van der Waals surface area contributed by atoms with Crippen molar-refractivity contribution in [3.05, 3.63) is 0 Å². The fraction of sp³-hybridized carbons (Fsp3) is 1.00. The molecule has 1 N–H and O–H groups in total. The van der Waals surface area contributed by atoms with Gasteiger partial charge in [0.05, 0.1) is 0 Å². The molecule has 13 heavy (non-hydrogen) atoms. The molecule has 0 aromatic heterocycles. The van der Waals surface area contributed by atoms with Crippen molar-refractivity contribution in [2.24, 2.45) is 11.8 Å². The van der Waals surface area contributed by atoms with Crippen LogP contribution in [0.5, 0.6) is 0 Å². The Balaban J connectivity index is 1.46. The second-order valence-electron chi connectivity index (χ2n) is 4.50. The lowest BCUT2D eigenvalue weighted by Gasteiger charge is -2.22. The summed E-state index contributed by atoms with van der Waals surface area (Å²) in [5.41, 5.74) is 0. The molecule has 1 aliphatic carbocycles. The smallest absolute Gasteiger partial charge is 0.0495 e. The fourth-order valence-corrected chi connectivity index (χ4v) is 1.95. The maximum Gasteiger partial charge on any atom is 0.0495 e. The Hall–Kier alpha value is -0.0800. The van der Waals surface area contributed by atoms with Gasteiger partial charge in [-0.15, -0.1) is 0 Å². The lowest BCUT2D eigenvalue weighted by Crippen LogP contribution is -2.30. The summed E-state index contributed by atoms with van der Waals surface area (Å²) >= 11 is 0. The van der Waals surface area contributed by atoms with E-state index >= 15 is 0 Å². The Morgan fingerprint density at radius 2 is 1.77 bits per heavy atom. The molecule has 0 amide bonds. The molecule has 0 aromatic carbocycles. The second-order valence-corrected chi connectivity index (χ2v) is 4.50. The molecule has 1 heterocycles. The minimum absolute atomic E-state index is 0.834. The molecule has 1 saturated heterocycles. The van der Waals surface area contributed by atoms with E-state index in [1.165, 1.54) is 45.2 Å². The van der Waals surface area contributed by atoms with E-state index in [0.29, 0.717) is 0 Å². The fourth-order valence-electron chi connectivity index (χ4n) is 1.95. The highest BCUT2D eigenvalue weighted by Crippen LogP contribution is 2.32. The molecule has 2 aliphatic rings. The van der Waals surface area contributed by atoms with Crippen LogP contribution in [0.1, 0.15) is 32.1 Å². The number of nitrogens with one attached hydrogen (secondary N) is 1. The van der Waals surface area contributed by atoms with Gasteiger partial charge in [-0.1, -0.05) is 12.8 Å². The van der Waals surface area contributed by atoms with Crippen LogP contribution in [-0.2, 0) is 4.74 Å². The number of ether oxygens (including phenoxy) is 1. The SMILES string of the molecule is C1CC(COCCC2CC2)CCN1. The van der Waals surface area contributed by atoms with Gasteiger partial charge < -0.3 is 10.1 Å². The summed E-state index contributed by atoms with van der Waals surface area (Å²) in [6.07, 6.45) is 6.84. The van der Waals surface area contributed by atoms with E-state index in [0.717, 1.165) is 25.0 Å². The average Bonchev–Trinajstić information content (AvgIpc) is 2.98. The molecule has 0 aromatic rings. The summed E-state index contributed by atoms with van der Waals surface area (Å²) in [6, 6.07) is 0. The van der Waals surface area contributed by atoms with Gasteiger partial charge in [-0.25, -0.2) is 0 Å². The minimum atomic E-state index is 0.834. The Bertz CT molecular complexity index is 139. The summed E-state index contributed by atoms with van der Waals surface area (Å²) < 4.78 is 5.70. The van der Waals surface area contributed by atoms with Crippen LogP contribution >= 0.6 is 0 Å². The lowest BCUT2D eigenvalue weighted by molar-refractivity contribution is 0.0837. The molecule has 0 atom stereocenters. The van der Waals surface area contributed by atoms with Crippen molar-refractivity contribution in [2.45, 2.75) is 32.1 Å². The number of rotatable bonds is 5. The second kappa shape index (κ2) is 4.97. The Labute approximate surface area is 81.0 Å². The van der Waals surface area contributed by atoms with Gasteiger partial charge in [0, 0.05) is 13.2 Å². The monoisotopic (exact) mass is 183 g/mol. The lowest BCUT2D eigenvalue weighted by atomic mass is 9.99. The first-order valence-electron chi connectivity index (χ1n) is 5.73. The highest BCUT2D eigenvalue weighted by atomic mass is 16.5. The Kier molecular flexibility index (Phi) is 3.62. The van der Waals surface area contributed by atoms with Crippen LogP contribution in [0.3, 0.4) is 0 Å². The molecule has 2 nitrogen and oxygen atoms in total. The van der Waals surface area contributed by atoms with Crippen LogP contribution < -0.4 is 5.32 Å². The van der Waals surface area contributed by atoms with Gasteiger partial charge in [0.15, 0.2) is 0 Å². The molecule has 0 unspecified atom stereocenters. The van der Waals surface area contributed by atoms with Crippen molar-refractivity contribution in [2.75, 3.05) is 26.3 Å². The Morgan fingerprint density at radius 1 is 1.00 bits per heavy atom. The zero-order valence-corrected chi connectivity index (χ0v) is 8.43. The van der Waals surface area contributed by atoms with Crippen LogP contribution in [0.4, 0.5) is 0 Å². The summed E-state index contributed by atoms with van der Waals surface area (Å²) in [7, 11) is 0. The zero-order valence-electron chi connectivity index (χ0n) is 8.43. The molecular formula is C11H21NO. The molecule has 1 aliphatic heterocycles. The van der Waals surface area contributed by atoms with Gasteiger partial charge >= 0.3 is 0 Å². The topological polar surface area (TPSA) is 21.3 Å². The Morgan fingerprint density at radius 3 is 2.46 bits per heavy atom. The van der Waals surface area contributed by atoms with E-state index in [1.807, 2.05) is 0 Å². The quantitative estimate of drug-likeness (QED) is 0.656. The van der Waals surface area contributed by atoms with Crippen LogP contribution in [0.25, 0.3) is 0 Å². The van der Waals surface area contributed by atoms with Gasteiger partial charge in [0.1, 0.15) is 0 Å². The van der Waals surface area contributed by atoms with E-state index in [9.17, 15) is 0 Å². The van der Waals surface area contributed by atoms with Crippen molar-refractivity contribution < 1.29 is 4.74 Å². The number of hydrogen-bond acceptors (Lipinski definition) is 2. The molecule has 76 valence electrons. The molecule has 2 rings (SSSR count). The van der Waals surface area contributed by atoms with Crippen molar-refractivity contribution in [1.29, 1.82) is 0 Å². The minimum Gasteiger partial charge on any atom is -0.381 e. The normalized spacial score (nSPS) is 24.9. The molecule has 0 bridgehead atoms. The largest absolute Gasteiger partial charge is 0.381 e. The molecule has 0 spiro atoms. The third-order valence-corrected chi connectivity index (χ3v) is 3.18. The van der Waals surface area contributed by atoms with Crippen molar-refractivity contribution in [1.82, 2.24) is 5.32 Å². The van der Waals surface area contributed by atoms with Crippen LogP contribution in [0.2, 0.25) is 0 Å². The van der Waals surface area contributed by atoms with Crippen LogP contribution in [0.15, 0.2) is 0 Å². The van der Waals surface area contributed by atoms with Crippen LogP contribution in [0, 0.1) is 11.8 Å². The molecular weight excluding hydrogens is 162 g/mol. The first-order valence-corrected chi connectivity index (χ1v) is 5.73. The van der Waals surface area contributed by atoms with E-state index in [1.54, 1.807) is 0 Å². The summed E-state index contributed by atoms with van der Waals surface area (Å²) in [4.78, 5) is 0. The average molecular weight is 183 g/mol. The van der Waals surface area contributed by atoms with E-state index < -0.39 is 0 Å².